The third kappa shape index (κ3) is 12.5. The van der Waals surface area contributed by atoms with E-state index in [4.69, 9.17) is 9.47 Å². The molecule has 2 aromatic heterocycles. The molecule has 1 aliphatic rings. The first-order valence-electron chi connectivity index (χ1n) is 19.3. The Labute approximate surface area is 354 Å². The topological polar surface area (TPSA) is 177 Å². The summed E-state index contributed by atoms with van der Waals surface area (Å²) in [6.07, 6.45) is -4.24. The SMILES string of the molecule is Cc1ncsc1-c1ccc(CNC(=O)[C@H]2C[C@H](O)CN2C(=O)C(NC(=O)COCCOc2ccc(-c3cc(Nc4ccc(OC(F)(F)F)cc4)ncn3)cc2)C(C)(C)C)cc1. The molecule has 61 heavy (non-hydrogen) atoms. The summed E-state index contributed by atoms with van der Waals surface area (Å²) in [4.78, 5) is 55.6. The number of aryl methyl sites for hydroxylation is 1. The summed E-state index contributed by atoms with van der Waals surface area (Å²) in [5.74, 6) is -0.774. The Hall–Kier alpha value is -6.11. The molecule has 0 radical (unpaired) electrons. The van der Waals surface area contributed by atoms with Gasteiger partial charge in [-0.15, -0.1) is 24.5 Å². The van der Waals surface area contributed by atoms with Gasteiger partial charge in [-0.2, -0.15) is 0 Å². The number of thiazole rings is 1. The minimum atomic E-state index is -4.78. The molecule has 0 aliphatic carbocycles. The number of ether oxygens (including phenoxy) is 3. The molecule has 1 saturated heterocycles. The summed E-state index contributed by atoms with van der Waals surface area (Å²) in [7, 11) is 0. The van der Waals surface area contributed by atoms with Crippen LogP contribution in [0.15, 0.2) is 90.7 Å². The molecule has 3 amide bonds. The van der Waals surface area contributed by atoms with Crippen molar-refractivity contribution < 1.29 is 46.9 Å². The van der Waals surface area contributed by atoms with Crippen LogP contribution in [-0.4, -0.2) is 93.6 Å². The second kappa shape index (κ2) is 19.5. The number of nitrogens with zero attached hydrogens (tertiary/aromatic N) is 4. The van der Waals surface area contributed by atoms with Crippen molar-refractivity contribution in [1.82, 2.24) is 30.5 Å². The second-order valence-electron chi connectivity index (χ2n) is 15.4. The zero-order valence-electron chi connectivity index (χ0n) is 33.9. The van der Waals surface area contributed by atoms with Crippen LogP contribution in [0, 0.1) is 12.3 Å². The van der Waals surface area contributed by atoms with Crippen LogP contribution in [0.3, 0.4) is 0 Å². The molecule has 3 heterocycles. The van der Waals surface area contributed by atoms with E-state index in [1.165, 1.54) is 35.5 Å². The Morgan fingerprint density at radius 3 is 2.26 bits per heavy atom. The maximum atomic E-state index is 13.9. The Morgan fingerprint density at radius 2 is 1.61 bits per heavy atom. The molecule has 3 atom stereocenters. The third-order valence-electron chi connectivity index (χ3n) is 9.62. The van der Waals surface area contributed by atoms with E-state index >= 15 is 0 Å². The lowest BCUT2D eigenvalue weighted by atomic mass is 9.85. The zero-order valence-corrected chi connectivity index (χ0v) is 34.7. The molecule has 1 fully saturated rings. The van der Waals surface area contributed by atoms with Crippen molar-refractivity contribution in [1.29, 1.82) is 0 Å². The predicted molar refractivity (Wildman–Crippen MR) is 222 cm³/mol. The molecule has 3 aromatic carbocycles. The van der Waals surface area contributed by atoms with E-state index < -0.39 is 47.7 Å². The highest BCUT2D eigenvalue weighted by Gasteiger charge is 2.44. The van der Waals surface area contributed by atoms with Gasteiger partial charge in [0.25, 0.3) is 0 Å². The highest BCUT2D eigenvalue weighted by Crippen LogP contribution is 2.30. The van der Waals surface area contributed by atoms with Crippen LogP contribution in [0.1, 0.15) is 38.4 Å². The molecular weight excluding hydrogens is 816 g/mol. The number of amides is 3. The van der Waals surface area contributed by atoms with Crippen molar-refractivity contribution in [3.63, 3.8) is 0 Å². The van der Waals surface area contributed by atoms with Crippen LogP contribution >= 0.6 is 11.3 Å². The lowest BCUT2D eigenvalue weighted by Crippen LogP contribution is -2.58. The molecule has 1 unspecified atom stereocenters. The zero-order chi connectivity index (χ0) is 43.7. The van der Waals surface area contributed by atoms with Crippen LogP contribution in [0.4, 0.5) is 24.7 Å². The minimum absolute atomic E-state index is 0.0425. The van der Waals surface area contributed by atoms with Crippen LogP contribution in [-0.2, 0) is 25.7 Å². The average molecular weight is 862 g/mol. The van der Waals surface area contributed by atoms with E-state index in [9.17, 15) is 32.7 Å². The summed E-state index contributed by atoms with van der Waals surface area (Å²) in [6, 6.07) is 19.9. The number of alkyl halides is 3. The predicted octanol–water partition coefficient (Wildman–Crippen LogP) is 6.42. The normalized spacial score (nSPS) is 15.8. The maximum absolute atomic E-state index is 13.9. The van der Waals surface area contributed by atoms with Crippen LogP contribution in [0.2, 0.25) is 0 Å². The lowest BCUT2D eigenvalue weighted by Gasteiger charge is -2.35. The number of aliphatic hydroxyl groups is 1. The highest BCUT2D eigenvalue weighted by atomic mass is 32.1. The summed E-state index contributed by atoms with van der Waals surface area (Å²) in [5.41, 5.74) is 5.76. The van der Waals surface area contributed by atoms with Gasteiger partial charge < -0.3 is 40.2 Å². The van der Waals surface area contributed by atoms with E-state index in [0.29, 0.717) is 22.9 Å². The fourth-order valence-electron chi connectivity index (χ4n) is 6.56. The number of hydrogen-bond donors (Lipinski definition) is 4. The van der Waals surface area contributed by atoms with Gasteiger partial charge in [0, 0.05) is 36.8 Å². The fourth-order valence-corrected chi connectivity index (χ4v) is 7.37. The summed E-state index contributed by atoms with van der Waals surface area (Å²) in [5, 5.41) is 19.2. The van der Waals surface area contributed by atoms with Gasteiger partial charge in [-0.25, -0.2) is 15.0 Å². The van der Waals surface area contributed by atoms with E-state index in [0.717, 1.165) is 27.3 Å². The number of β-amino-alcohol motifs (C(OH)–C–C–N with tert-alkyl or cyclic N) is 1. The third-order valence-corrected chi connectivity index (χ3v) is 10.6. The summed E-state index contributed by atoms with van der Waals surface area (Å²) >= 11 is 1.56. The van der Waals surface area contributed by atoms with E-state index in [2.05, 4.69) is 35.6 Å². The second-order valence-corrected chi connectivity index (χ2v) is 16.2. The highest BCUT2D eigenvalue weighted by molar-refractivity contribution is 7.13. The van der Waals surface area contributed by atoms with Crippen LogP contribution in [0.5, 0.6) is 11.5 Å². The van der Waals surface area contributed by atoms with Crippen LogP contribution < -0.4 is 25.4 Å². The van der Waals surface area contributed by atoms with E-state index in [1.54, 1.807) is 68.0 Å². The quantitative estimate of drug-likeness (QED) is 0.0806. The number of hydrogen-bond acceptors (Lipinski definition) is 12. The Kier molecular flexibility index (Phi) is 14.2. The van der Waals surface area contributed by atoms with Gasteiger partial charge in [-0.1, -0.05) is 45.0 Å². The summed E-state index contributed by atoms with van der Waals surface area (Å²) in [6.45, 7) is 7.41. The number of carbonyl (C=O) groups is 3. The van der Waals surface area contributed by atoms with Crippen molar-refractivity contribution in [3.05, 3.63) is 102 Å². The van der Waals surface area contributed by atoms with Crippen molar-refractivity contribution in [2.24, 2.45) is 5.41 Å². The minimum Gasteiger partial charge on any atom is -0.491 e. The lowest BCUT2D eigenvalue weighted by molar-refractivity contribution is -0.274. The van der Waals surface area contributed by atoms with E-state index in [-0.39, 0.29) is 45.1 Å². The molecule has 5 aromatic rings. The smallest absolute Gasteiger partial charge is 0.491 e. The number of aliphatic hydroxyl groups excluding tert-OH is 1. The molecule has 322 valence electrons. The fraction of sp³-hybridized carbons (Fsp3) is 0.349. The number of aromatic nitrogens is 3. The molecule has 6 rings (SSSR count). The van der Waals surface area contributed by atoms with Gasteiger partial charge >= 0.3 is 6.36 Å². The summed E-state index contributed by atoms with van der Waals surface area (Å²) < 4.78 is 52.6. The number of nitrogens with one attached hydrogen (secondary N) is 3. The molecule has 0 spiro atoms. The van der Waals surface area contributed by atoms with Crippen molar-refractivity contribution >= 4 is 40.6 Å². The van der Waals surface area contributed by atoms with Gasteiger partial charge in [0.15, 0.2) is 0 Å². The monoisotopic (exact) mass is 861 g/mol. The number of anilines is 2. The molecule has 14 nitrogen and oxygen atoms in total. The molecule has 1 aliphatic heterocycles. The molecule has 0 bridgehead atoms. The van der Waals surface area contributed by atoms with Crippen LogP contribution in [0.25, 0.3) is 21.7 Å². The first-order valence-corrected chi connectivity index (χ1v) is 20.2. The van der Waals surface area contributed by atoms with Gasteiger partial charge in [0.1, 0.15) is 48.9 Å². The number of halogens is 3. The first kappa shape index (κ1) is 44.4. The maximum Gasteiger partial charge on any atom is 0.573 e. The van der Waals surface area contributed by atoms with Gasteiger partial charge in [-0.05, 0) is 72.0 Å². The number of carbonyl (C=O) groups excluding carboxylic acids is 3. The van der Waals surface area contributed by atoms with E-state index in [1.807, 2.05) is 31.2 Å². The molecular formula is C43H46F3N7O7S. The average Bonchev–Trinajstić information content (AvgIpc) is 3.84. The number of likely N-dealkylation sites (tertiary alicyclic amines) is 1. The largest absolute Gasteiger partial charge is 0.573 e. The number of rotatable bonds is 16. The Balaban J connectivity index is 0.943. The standard InChI is InChI=1S/C43H46F3N7O7S/c1-26-38(61-25-50-26)29-7-5-27(6-8-29)21-47-40(56)35-19-31(54)22-53(35)41(57)39(42(2,3)4)52-37(55)23-58-17-18-59-32-13-9-28(10-14-32)34-20-36(49-24-48-34)51-30-11-15-33(16-12-30)60-43(44,45)46/h5-16,20,24-25,31,35,39,54H,17-19,21-23H2,1-4H3,(H,47,56)(H,52,55)(H,48,49,51)/t31-,35+,39?/m0/s1. The Bertz CT molecular complexity index is 2270. The van der Waals surface area contributed by atoms with Gasteiger partial charge in [0.05, 0.1) is 34.5 Å². The van der Waals surface area contributed by atoms with Crippen molar-refractivity contribution in [2.75, 3.05) is 31.7 Å². The van der Waals surface area contributed by atoms with Crippen molar-refractivity contribution in [3.8, 4) is 33.2 Å². The first-order chi connectivity index (χ1) is 29.0. The van der Waals surface area contributed by atoms with Crippen molar-refractivity contribution in [2.45, 2.75) is 65.2 Å². The van der Waals surface area contributed by atoms with Gasteiger partial charge in [-0.3, -0.25) is 14.4 Å². The molecule has 4 N–H and O–H groups in total. The molecule has 18 heteroatoms. The number of benzene rings is 3. The molecule has 0 saturated carbocycles. The Morgan fingerprint density at radius 1 is 0.918 bits per heavy atom. The van der Waals surface area contributed by atoms with Gasteiger partial charge in [0.2, 0.25) is 17.7 Å².